The molecule has 0 heterocycles. The summed E-state index contributed by atoms with van der Waals surface area (Å²) in [6.07, 6.45) is 1.58. The fraction of sp³-hybridized carbons (Fsp3) is 0.0909. The van der Waals surface area contributed by atoms with E-state index in [4.69, 9.17) is 9.47 Å². The minimum absolute atomic E-state index is 0.248. The van der Waals surface area contributed by atoms with Crippen LogP contribution in [0, 0.1) is 0 Å². The number of hydrogen-bond acceptors (Lipinski definition) is 4. The molecule has 28 heavy (non-hydrogen) atoms. The number of nitrogens with one attached hydrogen (secondary N) is 1. The smallest absolute Gasteiger partial charge is 0.271 e. The zero-order chi connectivity index (χ0) is 19.6. The molecule has 3 aromatic carbocycles. The monoisotopic (exact) mass is 438 g/mol. The number of hydrazone groups is 1. The molecule has 1 amide bonds. The van der Waals surface area contributed by atoms with Crippen molar-refractivity contribution in [2.24, 2.45) is 5.10 Å². The van der Waals surface area contributed by atoms with Gasteiger partial charge in [-0.25, -0.2) is 5.43 Å². The normalized spacial score (nSPS) is 10.6. The molecule has 3 aromatic rings. The van der Waals surface area contributed by atoms with Crippen molar-refractivity contribution in [2.45, 2.75) is 0 Å². The first kappa shape index (κ1) is 19.6. The fourth-order valence-corrected chi connectivity index (χ4v) is 2.58. The van der Waals surface area contributed by atoms with Crippen LogP contribution in [0.25, 0.3) is 0 Å². The average Bonchev–Trinajstić information content (AvgIpc) is 2.74. The van der Waals surface area contributed by atoms with Gasteiger partial charge in [0.25, 0.3) is 5.91 Å². The third-order valence-corrected chi connectivity index (χ3v) is 4.26. The highest BCUT2D eigenvalue weighted by atomic mass is 79.9. The van der Waals surface area contributed by atoms with Crippen LogP contribution < -0.4 is 14.9 Å². The average molecular weight is 439 g/mol. The van der Waals surface area contributed by atoms with Crippen LogP contribution in [0.5, 0.6) is 11.5 Å². The molecule has 0 saturated carbocycles. The largest absolute Gasteiger partial charge is 0.490 e. The maximum Gasteiger partial charge on any atom is 0.271 e. The van der Waals surface area contributed by atoms with E-state index in [2.05, 4.69) is 26.5 Å². The first-order valence-corrected chi connectivity index (χ1v) is 9.50. The quantitative estimate of drug-likeness (QED) is 0.315. The SMILES string of the molecule is O=C(N/N=C/c1ccc(OCCOc2ccc(Br)cc2)cc1)c1ccccc1. The van der Waals surface area contributed by atoms with Crippen molar-refractivity contribution in [3.63, 3.8) is 0 Å². The molecule has 3 rings (SSSR count). The van der Waals surface area contributed by atoms with Crippen molar-refractivity contribution >= 4 is 28.1 Å². The molecular weight excluding hydrogens is 420 g/mol. The first-order valence-electron chi connectivity index (χ1n) is 8.70. The molecule has 0 aliphatic heterocycles. The number of nitrogens with zero attached hydrogens (tertiary/aromatic N) is 1. The summed E-state index contributed by atoms with van der Waals surface area (Å²) in [5.41, 5.74) is 3.92. The Kier molecular flexibility index (Phi) is 7.21. The van der Waals surface area contributed by atoms with Gasteiger partial charge in [-0.3, -0.25) is 4.79 Å². The Hall–Kier alpha value is -3.12. The van der Waals surface area contributed by atoms with Crippen LogP contribution in [0.4, 0.5) is 0 Å². The number of carbonyl (C=O) groups is 1. The zero-order valence-corrected chi connectivity index (χ0v) is 16.6. The number of ether oxygens (including phenoxy) is 2. The van der Waals surface area contributed by atoms with Crippen LogP contribution in [-0.4, -0.2) is 25.3 Å². The van der Waals surface area contributed by atoms with Crippen LogP contribution >= 0.6 is 15.9 Å². The summed E-state index contributed by atoms with van der Waals surface area (Å²) in [6, 6.07) is 24.0. The van der Waals surface area contributed by atoms with E-state index < -0.39 is 0 Å². The van der Waals surface area contributed by atoms with E-state index in [-0.39, 0.29) is 5.91 Å². The number of rotatable bonds is 8. The third-order valence-electron chi connectivity index (χ3n) is 3.73. The van der Waals surface area contributed by atoms with Crippen molar-refractivity contribution in [1.29, 1.82) is 0 Å². The predicted octanol–water partition coefficient (Wildman–Crippen LogP) is 4.67. The van der Waals surface area contributed by atoms with Crippen LogP contribution in [-0.2, 0) is 0 Å². The van der Waals surface area contributed by atoms with Gasteiger partial charge in [0.05, 0.1) is 6.21 Å². The Bertz CT molecular complexity index is 911. The number of hydrogen-bond donors (Lipinski definition) is 1. The van der Waals surface area contributed by atoms with Gasteiger partial charge >= 0.3 is 0 Å². The standard InChI is InChI=1S/C22H19BrN2O3/c23-19-8-12-21(13-9-19)28-15-14-27-20-10-6-17(7-11-20)16-24-25-22(26)18-4-2-1-3-5-18/h1-13,16H,14-15H2,(H,25,26)/b24-16+. The van der Waals surface area contributed by atoms with E-state index in [9.17, 15) is 4.79 Å². The van der Waals surface area contributed by atoms with Gasteiger partial charge in [0.1, 0.15) is 24.7 Å². The first-order chi connectivity index (χ1) is 13.7. The third kappa shape index (κ3) is 6.25. The molecule has 6 heteroatoms. The lowest BCUT2D eigenvalue weighted by molar-refractivity contribution is 0.0955. The lowest BCUT2D eigenvalue weighted by Crippen LogP contribution is -2.17. The van der Waals surface area contributed by atoms with Crippen molar-refractivity contribution in [2.75, 3.05) is 13.2 Å². The summed E-state index contributed by atoms with van der Waals surface area (Å²) in [5.74, 6) is 1.29. The molecular formula is C22H19BrN2O3. The van der Waals surface area contributed by atoms with Crippen molar-refractivity contribution < 1.29 is 14.3 Å². The summed E-state index contributed by atoms with van der Waals surface area (Å²) >= 11 is 3.39. The molecule has 0 aromatic heterocycles. The highest BCUT2D eigenvalue weighted by molar-refractivity contribution is 9.10. The molecule has 0 radical (unpaired) electrons. The van der Waals surface area contributed by atoms with E-state index in [1.807, 2.05) is 54.6 Å². The molecule has 142 valence electrons. The Labute approximate surface area is 172 Å². The number of halogens is 1. The van der Waals surface area contributed by atoms with Crippen molar-refractivity contribution in [1.82, 2.24) is 5.43 Å². The van der Waals surface area contributed by atoms with Crippen LogP contribution in [0.3, 0.4) is 0 Å². The summed E-state index contributed by atoms with van der Waals surface area (Å²) in [5, 5.41) is 3.97. The molecule has 0 aliphatic carbocycles. The van der Waals surface area contributed by atoms with E-state index in [0.717, 1.165) is 21.5 Å². The number of benzene rings is 3. The second-order valence-electron chi connectivity index (χ2n) is 5.79. The highest BCUT2D eigenvalue weighted by Crippen LogP contribution is 2.16. The topological polar surface area (TPSA) is 59.9 Å². The van der Waals surface area contributed by atoms with Crippen LogP contribution in [0.15, 0.2) is 88.4 Å². The Morgan fingerprint density at radius 1 is 0.857 bits per heavy atom. The summed E-state index contributed by atoms with van der Waals surface area (Å²) in [7, 11) is 0. The molecule has 0 unspecified atom stereocenters. The molecule has 0 fully saturated rings. The van der Waals surface area contributed by atoms with Gasteiger partial charge in [0.15, 0.2) is 0 Å². The Balaban J connectivity index is 1.40. The number of amides is 1. The predicted molar refractivity (Wildman–Crippen MR) is 113 cm³/mol. The molecule has 0 spiro atoms. The minimum Gasteiger partial charge on any atom is -0.490 e. The second-order valence-corrected chi connectivity index (χ2v) is 6.70. The van der Waals surface area contributed by atoms with Gasteiger partial charge in [-0.1, -0.05) is 34.1 Å². The second kappa shape index (κ2) is 10.3. The van der Waals surface area contributed by atoms with Crippen molar-refractivity contribution in [3.05, 3.63) is 94.5 Å². The maximum atomic E-state index is 11.9. The number of carbonyl (C=O) groups excluding carboxylic acids is 1. The van der Waals surface area contributed by atoms with Gasteiger partial charge < -0.3 is 9.47 Å². The fourth-order valence-electron chi connectivity index (χ4n) is 2.32. The van der Waals surface area contributed by atoms with E-state index in [1.54, 1.807) is 30.5 Å². The van der Waals surface area contributed by atoms with E-state index >= 15 is 0 Å². The molecule has 0 bridgehead atoms. The van der Waals surface area contributed by atoms with Crippen LogP contribution in [0.1, 0.15) is 15.9 Å². The van der Waals surface area contributed by atoms with E-state index in [0.29, 0.717) is 18.8 Å². The van der Waals surface area contributed by atoms with Crippen molar-refractivity contribution in [3.8, 4) is 11.5 Å². The lowest BCUT2D eigenvalue weighted by Gasteiger charge is -2.08. The zero-order valence-electron chi connectivity index (χ0n) is 15.0. The van der Waals surface area contributed by atoms with Gasteiger partial charge in [0, 0.05) is 10.0 Å². The highest BCUT2D eigenvalue weighted by Gasteiger charge is 2.01. The summed E-state index contributed by atoms with van der Waals surface area (Å²) in [6.45, 7) is 0.896. The molecule has 1 N–H and O–H groups in total. The lowest BCUT2D eigenvalue weighted by atomic mass is 10.2. The molecule has 0 atom stereocenters. The Morgan fingerprint density at radius 2 is 1.43 bits per heavy atom. The van der Waals surface area contributed by atoms with Crippen LogP contribution in [0.2, 0.25) is 0 Å². The van der Waals surface area contributed by atoms with E-state index in [1.165, 1.54) is 0 Å². The summed E-state index contributed by atoms with van der Waals surface area (Å²) < 4.78 is 12.3. The maximum absolute atomic E-state index is 11.9. The Morgan fingerprint density at radius 3 is 2.04 bits per heavy atom. The molecule has 5 nitrogen and oxygen atoms in total. The van der Waals surface area contributed by atoms with Gasteiger partial charge in [-0.2, -0.15) is 5.10 Å². The molecule has 0 aliphatic rings. The molecule has 0 saturated heterocycles. The van der Waals surface area contributed by atoms with Gasteiger partial charge in [0.2, 0.25) is 0 Å². The minimum atomic E-state index is -0.248. The van der Waals surface area contributed by atoms with Gasteiger partial charge in [-0.05, 0) is 66.2 Å². The summed E-state index contributed by atoms with van der Waals surface area (Å²) in [4.78, 5) is 11.9. The van der Waals surface area contributed by atoms with Gasteiger partial charge in [-0.15, -0.1) is 0 Å².